The molecule has 0 unspecified atom stereocenters. The number of aldehydes is 1. The molecule has 70 valence electrons. The van der Waals surface area contributed by atoms with Gasteiger partial charge in [-0.3, -0.25) is 4.79 Å². The standard InChI is InChI=1S/C7H3ClF2INO/c8-6-3(7(9)10)1-5(11)12-4(6)2-13/h1-2,7H. The lowest BCUT2D eigenvalue weighted by atomic mass is 10.2. The molecule has 0 spiro atoms. The second kappa shape index (κ2) is 4.28. The highest BCUT2D eigenvalue weighted by Crippen LogP contribution is 2.29. The number of hydrogen-bond donors (Lipinski definition) is 0. The predicted molar refractivity (Wildman–Crippen MR) is 52.3 cm³/mol. The quantitative estimate of drug-likeness (QED) is 0.477. The van der Waals surface area contributed by atoms with E-state index in [0.717, 1.165) is 6.07 Å². The fraction of sp³-hybridized carbons (Fsp3) is 0.143. The van der Waals surface area contributed by atoms with Crippen molar-refractivity contribution in [2.24, 2.45) is 0 Å². The molecule has 0 aliphatic heterocycles. The number of hydrogen-bond acceptors (Lipinski definition) is 2. The van der Waals surface area contributed by atoms with Crippen LogP contribution in [0.4, 0.5) is 8.78 Å². The van der Waals surface area contributed by atoms with Gasteiger partial charge in [0.2, 0.25) is 0 Å². The van der Waals surface area contributed by atoms with E-state index in [0.29, 0.717) is 9.99 Å². The monoisotopic (exact) mass is 317 g/mol. The maximum absolute atomic E-state index is 12.3. The molecule has 0 saturated carbocycles. The number of carbonyl (C=O) groups excluding carboxylic acids is 1. The highest BCUT2D eigenvalue weighted by molar-refractivity contribution is 14.1. The van der Waals surface area contributed by atoms with E-state index in [-0.39, 0.29) is 16.3 Å². The van der Waals surface area contributed by atoms with Crippen LogP contribution in [0.2, 0.25) is 5.02 Å². The maximum Gasteiger partial charge on any atom is 0.265 e. The number of carbonyl (C=O) groups is 1. The molecule has 0 saturated heterocycles. The first-order valence-corrected chi connectivity index (χ1v) is 4.61. The third-order valence-corrected chi connectivity index (χ3v) is 2.29. The van der Waals surface area contributed by atoms with Gasteiger partial charge in [0.15, 0.2) is 6.29 Å². The SMILES string of the molecule is O=Cc1nc(I)cc(C(F)F)c1Cl. The Balaban J connectivity index is 3.35. The molecule has 0 aliphatic carbocycles. The minimum atomic E-state index is -2.69. The van der Waals surface area contributed by atoms with Gasteiger partial charge in [0.05, 0.1) is 5.02 Å². The normalized spacial score (nSPS) is 10.5. The van der Waals surface area contributed by atoms with Crippen LogP contribution in [-0.2, 0) is 0 Å². The molecule has 1 rings (SSSR count). The van der Waals surface area contributed by atoms with E-state index in [9.17, 15) is 13.6 Å². The summed E-state index contributed by atoms with van der Waals surface area (Å²) >= 11 is 7.24. The summed E-state index contributed by atoms with van der Waals surface area (Å²) in [6.07, 6.45) is -2.33. The van der Waals surface area contributed by atoms with Gasteiger partial charge < -0.3 is 0 Å². The zero-order chi connectivity index (χ0) is 10.0. The summed E-state index contributed by atoms with van der Waals surface area (Å²) in [6, 6.07) is 1.15. The van der Waals surface area contributed by atoms with Crippen LogP contribution in [-0.4, -0.2) is 11.3 Å². The Labute approximate surface area is 91.4 Å². The van der Waals surface area contributed by atoms with Crippen LogP contribution >= 0.6 is 34.2 Å². The maximum atomic E-state index is 12.3. The first-order chi connectivity index (χ1) is 6.06. The molecule has 1 aromatic heterocycles. The van der Waals surface area contributed by atoms with Crippen LogP contribution in [0.15, 0.2) is 6.07 Å². The molecule has 0 atom stereocenters. The van der Waals surface area contributed by atoms with Crippen LogP contribution in [0, 0.1) is 3.70 Å². The first-order valence-electron chi connectivity index (χ1n) is 3.15. The lowest BCUT2D eigenvalue weighted by Gasteiger charge is -2.04. The largest absolute Gasteiger partial charge is 0.296 e. The summed E-state index contributed by atoms with van der Waals surface area (Å²) < 4.78 is 24.9. The molecule has 0 aliphatic rings. The van der Waals surface area contributed by atoms with Crippen LogP contribution in [0.3, 0.4) is 0 Å². The number of halogens is 4. The van der Waals surface area contributed by atoms with E-state index in [4.69, 9.17) is 11.6 Å². The second-order valence-electron chi connectivity index (χ2n) is 2.15. The van der Waals surface area contributed by atoms with Crippen molar-refractivity contribution in [2.75, 3.05) is 0 Å². The molecule has 0 bridgehead atoms. The van der Waals surface area contributed by atoms with Crippen LogP contribution in [0.25, 0.3) is 0 Å². The topological polar surface area (TPSA) is 30.0 Å². The molecule has 0 amide bonds. The predicted octanol–water partition coefficient (Wildman–Crippen LogP) is 3.09. The molecule has 1 heterocycles. The van der Waals surface area contributed by atoms with Gasteiger partial charge in [-0.2, -0.15) is 0 Å². The Hall–Kier alpha value is -0.300. The van der Waals surface area contributed by atoms with Gasteiger partial charge in [-0.15, -0.1) is 0 Å². The molecule has 0 fully saturated rings. The average Bonchev–Trinajstić information content (AvgIpc) is 2.08. The Kier molecular flexibility index (Phi) is 3.55. The lowest BCUT2D eigenvalue weighted by molar-refractivity contribution is 0.111. The fourth-order valence-electron chi connectivity index (χ4n) is 0.773. The van der Waals surface area contributed by atoms with Gasteiger partial charge in [0.1, 0.15) is 9.39 Å². The Morgan fingerprint density at radius 1 is 1.62 bits per heavy atom. The third kappa shape index (κ3) is 2.34. The Morgan fingerprint density at radius 2 is 2.23 bits per heavy atom. The van der Waals surface area contributed by atoms with Gasteiger partial charge >= 0.3 is 0 Å². The first kappa shape index (κ1) is 10.8. The van der Waals surface area contributed by atoms with E-state index >= 15 is 0 Å². The van der Waals surface area contributed by atoms with E-state index in [2.05, 4.69) is 4.98 Å². The summed E-state index contributed by atoms with van der Waals surface area (Å²) in [5.74, 6) is 0. The summed E-state index contributed by atoms with van der Waals surface area (Å²) in [6.45, 7) is 0. The van der Waals surface area contributed by atoms with E-state index in [1.807, 2.05) is 0 Å². The molecule has 1 aromatic rings. The van der Waals surface area contributed by atoms with Gasteiger partial charge in [0.25, 0.3) is 6.43 Å². The Bertz CT molecular complexity index is 346. The van der Waals surface area contributed by atoms with Gasteiger partial charge in [-0.05, 0) is 28.7 Å². The highest BCUT2D eigenvalue weighted by atomic mass is 127. The van der Waals surface area contributed by atoms with Crippen molar-refractivity contribution in [1.29, 1.82) is 0 Å². The van der Waals surface area contributed by atoms with Crippen LogP contribution < -0.4 is 0 Å². The van der Waals surface area contributed by atoms with E-state index in [1.165, 1.54) is 0 Å². The fourth-order valence-corrected chi connectivity index (χ4v) is 1.59. The average molecular weight is 317 g/mol. The summed E-state index contributed by atoms with van der Waals surface area (Å²) in [5, 5.41) is -0.273. The molecular formula is C7H3ClF2INO. The second-order valence-corrected chi connectivity index (χ2v) is 3.64. The molecule has 0 N–H and O–H groups in total. The summed E-state index contributed by atoms with van der Waals surface area (Å²) in [5.41, 5.74) is -0.507. The van der Waals surface area contributed by atoms with Crippen molar-refractivity contribution >= 4 is 40.5 Å². The number of aromatic nitrogens is 1. The van der Waals surface area contributed by atoms with Crippen molar-refractivity contribution in [1.82, 2.24) is 4.98 Å². The zero-order valence-electron chi connectivity index (χ0n) is 6.10. The summed E-state index contributed by atoms with van der Waals surface area (Å²) in [7, 11) is 0. The van der Waals surface area contributed by atoms with Crippen molar-refractivity contribution in [3.8, 4) is 0 Å². The minimum Gasteiger partial charge on any atom is -0.296 e. The van der Waals surface area contributed by atoms with Crippen molar-refractivity contribution in [3.05, 3.63) is 26.0 Å². The van der Waals surface area contributed by atoms with Crippen molar-refractivity contribution < 1.29 is 13.6 Å². The molecule has 6 heteroatoms. The smallest absolute Gasteiger partial charge is 0.265 e. The van der Waals surface area contributed by atoms with Gasteiger partial charge in [0, 0.05) is 5.56 Å². The van der Waals surface area contributed by atoms with Crippen LogP contribution in [0.5, 0.6) is 0 Å². The van der Waals surface area contributed by atoms with Crippen LogP contribution in [0.1, 0.15) is 22.5 Å². The molecule has 0 aromatic carbocycles. The molecule has 13 heavy (non-hydrogen) atoms. The molecule has 0 radical (unpaired) electrons. The minimum absolute atomic E-state index is 0.149. The molecule has 2 nitrogen and oxygen atoms in total. The number of nitrogens with zero attached hydrogens (tertiary/aromatic N) is 1. The number of rotatable bonds is 2. The van der Waals surface area contributed by atoms with Crippen molar-refractivity contribution in [2.45, 2.75) is 6.43 Å². The van der Waals surface area contributed by atoms with Gasteiger partial charge in [-0.1, -0.05) is 11.6 Å². The molecular weight excluding hydrogens is 314 g/mol. The lowest BCUT2D eigenvalue weighted by Crippen LogP contribution is -1.97. The van der Waals surface area contributed by atoms with Crippen molar-refractivity contribution in [3.63, 3.8) is 0 Å². The highest BCUT2D eigenvalue weighted by Gasteiger charge is 2.16. The zero-order valence-corrected chi connectivity index (χ0v) is 9.01. The van der Waals surface area contributed by atoms with Gasteiger partial charge in [-0.25, -0.2) is 13.8 Å². The van der Waals surface area contributed by atoms with E-state index < -0.39 is 6.43 Å². The Morgan fingerprint density at radius 3 is 2.69 bits per heavy atom. The van der Waals surface area contributed by atoms with E-state index in [1.54, 1.807) is 22.6 Å². The number of alkyl halides is 2. The number of pyridine rings is 1. The summed E-state index contributed by atoms with van der Waals surface area (Å²) in [4.78, 5) is 14.0. The third-order valence-electron chi connectivity index (χ3n) is 1.33.